The maximum Gasteiger partial charge on any atom is 0.305 e. The minimum Gasteiger partial charge on any atom is -0.496 e. The van der Waals surface area contributed by atoms with Gasteiger partial charge in [-0.15, -0.1) is 0 Å². The molecule has 5 nitrogen and oxygen atoms in total. The van der Waals surface area contributed by atoms with Gasteiger partial charge in [0.05, 0.1) is 18.6 Å². The lowest BCUT2D eigenvalue weighted by Gasteiger charge is -2.13. The summed E-state index contributed by atoms with van der Waals surface area (Å²) in [5.74, 6) is 0.325. The Balaban J connectivity index is 1.97. The number of benzene rings is 1. The average molecular weight is 380 g/mol. The van der Waals surface area contributed by atoms with E-state index in [2.05, 4.69) is 0 Å². The second-order valence-electron chi connectivity index (χ2n) is 5.40. The van der Waals surface area contributed by atoms with Crippen LogP contribution in [0.4, 0.5) is 0 Å². The Morgan fingerprint density at radius 2 is 2.12 bits per heavy atom. The largest absolute Gasteiger partial charge is 0.496 e. The number of esters is 1. The van der Waals surface area contributed by atoms with Crippen molar-refractivity contribution in [2.75, 3.05) is 20.3 Å². The molecule has 0 saturated carbocycles. The monoisotopic (exact) mass is 379 g/mol. The number of thiocarbonyl (C=S) groups is 1. The maximum absolute atomic E-state index is 12.6. The molecule has 134 valence electrons. The summed E-state index contributed by atoms with van der Waals surface area (Å²) in [6.45, 7) is 2.79. The molecule has 0 aromatic heterocycles. The van der Waals surface area contributed by atoms with E-state index in [1.165, 1.54) is 16.7 Å². The Hall–Kier alpha value is -1.86. The predicted molar refractivity (Wildman–Crippen MR) is 103 cm³/mol. The van der Waals surface area contributed by atoms with E-state index >= 15 is 0 Å². The van der Waals surface area contributed by atoms with Crippen LogP contribution in [0.5, 0.6) is 5.75 Å². The minimum absolute atomic E-state index is 0.136. The molecule has 0 spiro atoms. The van der Waals surface area contributed by atoms with Crippen molar-refractivity contribution in [1.29, 1.82) is 0 Å². The van der Waals surface area contributed by atoms with Gasteiger partial charge in [-0.25, -0.2) is 0 Å². The van der Waals surface area contributed by atoms with Crippen LogP contribution in [-0.4, -0.2) is 41.4 Å². The highest BCUT2D eigenvalue weighted by Crippen LogP contribution is 2.34. The molecule has 0 bridgehead atoms. The predicted octanol–water partition coefficient (Wildman–Crippen LogP) is 3.63. The summed E-state index contributed by atoms with van der Waals surface area (Å²) < 4.78 is 10.8. The van der Waals surface area contributed by atoms with Crippen molar-refractivity contribution in [3.8, 4) is 5.75 Å². The van der Waals surface area contributed by atoms with E-state index in [1.54, 1.807) is 13.2 Å². The second-order valence-corrected chi connectivity index (χ2v) is 7.08. The molecular weight excluding hydrogens is 358 g/mol. The number of hydrogen-bond acceptors (Lipinski definition) is 6. The third-order valence-electron chi connectivity index (χ3n) is 3.53. The highest BCUT2D eigenvalue weighted by molar-refractivity contribution is 8.26. The van der Waals surface area contributed by atoms with Gasteiger partial charge in [-0.05, 0) is 25.0 Å². The summed E-state index contributed by atoms with van der Waals surface area (Å²) in [4.78, 5) is 26.2. The first-order valence-corrected chi connectivity index (χ1v) is 9.33. The van der Waals surface area contributed by atoms with Gasteiger partial charge in [-0.2, -0.15) is 0 Å². The molecule has 1 aliphatic rings. The number of para-hydroxylation sites is 1. The van der Waals surface area contributed by atoms with E-state index < -0.39 is 0 Å². The highest BCUT2D eigenvalue weighted by Gasteiger charge is 2.31. The standard InChI is InChI=1S/C18H21NO4S2/c1-3-11-23-16(20)9-6-10-19-17(21)15(25-18(19)24)12-13-7-4-5-8-14(13)22-2/h4-5,7-8,12H,3,6,9-11H2,1-2H3/b15-12+. The molecule has 1 saturated heterocycles. The number of methoxy groups -OCH3 is 1. The van der Waals surface area contributed by atoms with E-state index in [0.717, 1.165) is 12.0 Å². The van der Waals surface area contributed by atoms with Gasteiger partial charge in [0.1, 0.15) is 10.1 Å². The molecule has 0 radical (unpaired) electrons. The Labute approximate surface area is 157 Å². The zero-order chi connectivity index (χ0) is 18.2. The molecule has 0 N–H and O–H groups in total. The maximum atomic E-state index is 12.6. The first-order chi connectivity index (χ1) is 12.1. The Kier molecular flexibility index (Phi) is 7.46. The van der Waals surface area contributed by atoms with E-state index in [1.807, 2.05) is 31.2 Å². The summed E-state index contributed by atoms with van der Waals surface area (Å²) in [6.07, 6.45) is 3.39. The Morgan fingerprint density at radius 1 is 1.36 bits per heavy atom. The Bertz CT molecular complexity index is 687. The Morgan fingerprint density at radius 3 is 2.84 bits per heavy atom. The molecule has 1 fully saturated rings. The first-order valence-electron chi connectivity index (χ1n) is 8.10. The zero-order valence-electron chi connectivity index (χ0n) is 14.3. The van der Waals surface area contributed by atoms with Crippen LogP contribution < -0.4 is 4.74 Å². The minimum atomic E-state index is -0.239. The van der Waals surface area contributed by atoms with Crippen LogP contribution in [0, 0.1) is 0 Å². The molecule has 1 aromatic rings. The van der Waals surface area contributed by atoms with E-state index in [0.29, 0.717) is 34.5 Å². The number of rotatable bonds is 8. The molecule has 1 heterocycles. The zero-order valence-corrected chi connectivity index (χ0v) is 16.0. The van der Waals surface area contributed by atoms with Crippen molar-refractivity contribution in [2.24, 2.45) is 0 Å². The number of hydrogen-bond donors (Lipinski definition) is 0. The fourth-order valence-corrected chi connectivity index (χ4v) is 3.59. The van der Waals surface area contributed by atoms with Crippen LogP contribution in [0.15, 0.2) is 29.2 Å². The number of amides is 1. The molecule has 1 aliphatic heterocycles. The van der Waals surface area contributed by atoms with Crippen LogP contribution in [0.1, 0.15) is 31.7 Å². The van der Waals surface area contributed by atoms with Gasteiger partial charge in [0.25, 0.3) is 5.91 Å². The van der Waals surface area contributed by atoms with Crippen LogP contribution in [-0.2, 0) is 14.3 Å². The third-order valence-corrected chi connectivity index (χ3v) is 4.91. The lowest BCUT2D eigenvalue weighted by molar-refractivity contribution is -0.144. The smallest absolute Gasteiger partial charge is 0.305 e. The summed E-state index contributed by atoms with van der Waals surface area (Å²) in [6, 6.07) is 7.49. The van der Waals surface area contributed by atoms with Gasteiger partial charge in [0.2, 0.25) is 0 Å². The second kappa shape index (κ2) is 9.58. The van der Waals surface area contributed by atoms with E-state index in [9.17, 15) is 9.59 Å². The van der Waals surface area contributed by atoms with Gasteiger partial charge in [-0.1, -0.05) is 49.1 Å². The quantitative estimate of drug-likeness (QED) is 0.391. The topological polar surface area (TPSA) is 55.8 Å². The summed E-state index contributed by atoms with van der Waals surface area (Å²) in [7, 11) is 1.59. The molecule has 1 aromatic carbocycles. The molecule has 2 rings (SSSR count). The third kappa shape index (κ3) is 5.31. The number of nitrogens with zero attached hydrogens (tertiary/aromatic N) is 1. The molecule has 1 amide bonds. The molecular formula is C18H21NO4S2. The van der Waals surface area contributed by atoms with E-state index in [-0.39, 0.29) is 18.3 Å². The van der Waals surface area contributed by atoms with Gasteiger partial charge in [-0.3, -0.25) is 14.5 Å². The van der Waals surface area contributed by atoms with Crippen LogP contribution >= 0.6 is 24.0 Å². The van der Waals surface area contributed by atoms with Crippen LogP contribution in [0.2, 0.25) is 0 Å². The number of carbonyl (C=O) groups excluding carboxylic acids is 2. The normalized spacial score (nSPS) is 15.8. The van der Waals surface area contributed by atoms with Crippen molar-refractivity contribution in [3.05, 3.63) is 34.7 Å². The average Bonchev–Trinajstić information content (AvgIpc) is 2.87. The summed E-state index contributed by atoms with van der Waals surface area (Å²) in [5.41, 5.74) is 0.827. The van der Waals surface area contributed by atoms with Crippen molar-refractivity contribution in [1.82, 2.24) is 4.90 Å². The SMILES string of the molecule is CCCOC(=O)CCCN1C(=O)/C(=C\c2ccccc2OC)SC1=S. The number of thioether (sulfide) groups is 1. The van der Waals surface area contributed by atoms with Crippen LogP contribution in [0.3, 0.4) is 0 Å². The first kappa shape index (κ1) is 19.5. The molecule has 0 unspecified atom stereocenters. The summed E-state index contributed by atoms with van der Waals surface area (Å²) >= 11 is 6.57. The van der Waals surface area contributed by atoms with Gasteiger partial charge >= 0.3 is 5.97 Å². The number of ether oxygens (including phenoxy) is 2. The lowest BCUT2D eigenvalue weighted by atomic mass is 10.2. The van der Waals surface area contributed by atoms with Crippen molar-refractivity contribution < 1.29 is 19.1 Å². The lowest BCUT2D eigenvalue weighted by Crippen LogP contribution is -2.29. The molecule has 25 heavy (non-hydrogen) atoms. The van der Waals surface area contributed by atoms with Crippen molar-refractivity contribution in [3.63, 3.8) is 0 Å². The van der Waals surface area contributed by atoms with Crippen LogP contribution in [0.25, 0.3) is 6.08 Å². The van der Waals surface area contributed by atoms with Gasteiger partial charge in [0.15, 0.2) is 0 Å². The van der Waals surface area contributed by atoms with E-state index in [4.69, 9.17) is 21.7 Å². The fourth-order valence-electron chi connectivity index (χ4n) is 2.29. The molecule has 0 atom stereocenters. The molecule has 0 aliphatic carbocycles. The van der Waals surface area contributed by atoms with Crippen molar-refractivity contribution in [2.45, 2.75) is 26.2 Å². The van der Waals surface area contributed by atoms with Crippen molar-refractivity contribution >= 4 is 46.3 Å². The number of carbonyl (C=O) groups is 2. The fraction of sp³-hybridized carbons (Fsp3) is 0.389. The summed E-state index contributed by atoms with van der Waals surface area (Å²) in [5, 5.41) is 0. The highest BCUT2D eigenvalue weighted by atomic mass is 32.2. The molecule has 7 heteroatoms. The van der Waals surface area contributed by atoms with Gasteiger partial charge in [0, 0.05) is 18.5 Å². The van der Waals surface area contributed by atoms with Gasteiger partial charge < -0.3 is 9.47 Å².